The molecule has 1 aliphatic rings. The lowest BCUT2D eigenvalue weighted by molar-refractivity contribution is 0.0600. The molecule has 2 N–H and O–H groups in total. The number of rotatable bonds is 3. The molecule has 0 bridgehead atoms. The van der Waals surface area contributed by atoms with E-state index in [1.54, 1.807) is 0 Å². The monoisotopic (exact) mass is 265 g/mol. The van der Waals surface area contributed by atoms with Gasteiger partial charge < -0.3 is 10.5 Å². The predicted molar refractivity (Wildman–Crippen MR) is 73.9 cm³/mol. The fraction of sp³-hybridized carbons (Fsp3) is 0.500. The van der Waals surface area contributed by atoms with Gasteiger partial charge in [-0.15, -0.1) is 11.8 Å². The third-order valence-electron chi connectivity index (χ3n) is 3.32. The fourth-order valence-electron chi connectivity index (χ4n) is 2.23. The Morgan fingerprint density at radius 3 is 2.56 bits per heavy atom. The van der Waals surface area contributed by atoms with Gasteiger partial charge in [0.2, 0.25) is 0 Å². The molecule has 1 fully saturated rings. The van der Waals surface area contributed by atoms with Gasteiger partial charge in [-0.1, -0.05) is 12.8 Å². The largest absolute Gasteiger partial charge is 0.465 e. The molecule has 1 aromatic rings. The molecule has 0 spiro atoms. The Balaban J connectivity index is 1.99. The highest BCUT2D eigenvalue weighted by Crippen LogP contribution is 2.33. The van der Waals surface area contributed by atoms with Crippen LogP contribution < -0.4 is 5.73 Å². The van der Waals surface area contributed by atoms with E-state index in [1.165, 1.54) is 31.3 Å². The third kappa shape index (κ3) is 3.27. The Labute approximate surface area is 112 Å². The minimum atomic E-state index is -0.291. The van der Waals surface area contributed by atoms with Crippen molar-refractivity contribution in [1.29, 1.82) is 0 Å². The van der Waals surface area contributed by atoms with Crippen molar-refractivity contribution in [2.24, 2.45) is 5.73 Å². The van der Waals surface area contributed by atoms with E-state index in [0.29, 0.717) is 16.9 Å². The summed E-state index contributed by atoms with van der Waals surface area (Å²) in [6, 6.07) is 7.85. The van der Waals surface area contributed by atoms with Crippen LogP contribution in [0.25, 0.3) is 0 Å². The lowest BCUT2D eigenvalue weighted by atomic mass is 9.96. The smallest absolute Gasteiger partial charge is 0.337 e. The van der Waals surface area contributed by atoms with Gasteiger partial charge in [-0.3, -0.25) is 0 Å². The van der Waals surface area contributed by atoms with E-state index >= 15 is 0 Å². The van der Waals surface area contributed by atoms with Crippen LogP contribution in [0, 0.1) is 0 Å². The second-order valence-corrected chi connectivity index (χ2v) is 5.93. The number of nitrogens with two attached hydrogens (primary N) is 1. The molecule has 2 unspecified atom stereocenters. The molecule has 0 aliphatic heterocycles. The Hall–Kier alpha value is -1.00. The SMILES string of the molecule is COC(=O)c1ccc(SC2CCCCC2N)cc1. The molecule has 0 radical (unpaired) electrons. The summed E-state index contributed by atoms with van der Waals surface area (Å²) >= 11 is 1.82. The maximum Gasteiger partial charge on any atom is 0.337 e. The summed E-state index contributed by atoms with van der Waals surface area (Å²) in [4.78, 5) is 12.5. The molecule has 4 heteroatoms. The van der Waals surface area contributed by atoms with Crippen LogP contribution in [-0.4, -0.2) is 24.4 Å². The van der Waals surface area contributed by atoms with Crippen molar-refractivity contribution in [1.82, 2.24) is 0 Å². The van der Waals surface area contributed by atoms with E-state index in [4.69, 9.17) is 5.73 Å². The third-order valence-corrected chi connectivity index (χ3v) is 4.75. The van der Waals surface area contributed by atoms with Crippen molar-refractivity contribution in [2.45, 2.75) is 41.9 Å². The number of thioether (sulfide) groups is 1. The first-order valence-corrected chi connectivity index (χ1v) is 7.19. The molecule has 1 aliphatic carbocycles. The normalized spacial score (nSPS) is 23.7. The number of ether oxygens (including phenoxy) is 1. The standard InChI is InChI=1S/C14H19NO2S/c1-17-14(16)10-6-8-11(9-7-10)18-13-5-3-2-4-12(13)15/h6-9,12-13H,2-5,15H2,1H3. The zero-order valence-electron chi connectivity index (χ0n) is 10.6. The number of esters is 1. The Kier molecular flexibility index (Phi) is 4.66. The van der Waals surface area contributed by atoms with E-state index in [0.717, 1.165) is 6.42 Å². The Morgan fingerprint density at radius 1 is 1.28 bits per heavy atom. The summed E-state index contributed by atoms with van der Waals surface area (Å²) in [5.41, 5.74) is 6.72. The van der Waals surface area contributed by atoms with Gasteiger partial charge in [-0.05, 0) is 37.1 Å². The van der Waals surface area contributed by atoms with Crippen LogP contribution in [0.3, 0.4) is 0 Å². The van der Waals surface area contributed by atoms with Crippen LogP contribution in [-0.2, 0) is 4.74 Å². The summed E-state index contributed by atoms with van der Waals surface area (Å²) in [6.07, 6.45) is 4.83. The van der Waals surface area contributed by atoms with E-state index < -0.39 is 0 Å². The Morgan fingerprint density at radius 2 is 1.94 bits per heavy atom. The second-order valence-electron chi connectivity index (χ2n) is 4.62. The highest BCUT2D eigenvalue weighted by molar-refractivity contribution is 8.00. The van der Waals surface area contributed by atoms with Crippen LogP contribution in [0.2, 0.25) is 0 Å². The highest BCUT2D eigenvalue weighted by Gasteiger charge is 2.22. The number of carbonyl (C=O) groups is 1. The maximum atomic E-state index is 11.3. The van der Waals surface area contributed by atoms with Gasteiger partial charge in [0, 0.05) is 16.2 Å². The number of hydrogen-bond acceptors (Lipinski definition) is 4. The first-order chi connectivity index (χ1) is 8.70. The van der Waals surface area contributed by atoms with Crippen molar-refractivity contribution >= 4 is 17.7 Å². The molecule has 0 saturated heterocycles. The van der Waals surface area contributed by atoms with E-state index in [-0.39, 0.29) is 5.97 Å². The molecule has 2 atom stereocenters. The first-order valence-electron chi connectivity index (χ1n) is 6.31. The molecule has 1 saturated carbocycles. The average Bonchev–Trinajstić information content (AvgIpc) is 2.41. The lowest BCUT2D eigenvalue weighted by Crippen LogP contribution is -2.35. The van der Waals surface area contributed by atoms with Crippen LogP contribution in [0.15, 0.2) is 29.2 Å². The van der Waals surface area contributed by atoms with Gasteiger partial charge >= 0.3 is 5.97 Å². The summed E-state index contributed by atoms with van der Waals surface area (Å²) in [7, 11) is 1.39. The molecule has 0 heterocycles. The van der Waals surface area contributed by atoms with Crippen molar-refractivity contribution in [3.63, 3.8) is 0 Å². The molecular formula is C14H19NO2S. The number of carbonyl (C=O) groups excluding carboxylic acids is 1. The van der Waals surface area contributed by atoms with Crippen LogP contribution in [0.5, 0.6) is 0 Å². The maximum absolute atomic E-state index is 11.3. The van der Waals surface area contributed by atoms with E-state index in [2.05, 4.69) is 4.74 Å². The highest BCUT2D eigenvalue weighted by atomic mass is 32.2. The van der Waals surface area contributed by atoms with E-state index in [1.807, 2.05) is 36.0 Å². The summed E-state index contributed by atoms with van der Waals surface area (Å²) in [6.45, 7) is 0. The average molecular weight is 265 g/mol. The summed E-state index contributed by atoms with van der Waals surface area (Å²) in [5.74, 6) is -0.291. The van der Waals surface area contributed by atoms with Crippen LogP contribution in [0.4, 0.5) is 0 Å². The minimum absolute atomic E-state index is 0.291. The molecule has 0 amide bonds. The molecular weight excluding hydrogens is 246 g/mol. The topological polar surface area (TPSA) is 52.3 Å². The summed E-state index contributed by atoms with van der Waals surface area (Å²) < 4.78 is 4.68. The molecule has 1 aromatic carbocycles. The molecule has 0 aromatic heterocycles. The Bertz CT molecular complexity index is 405. The van der Waals surface area contributed by atoms with Crippen molar-refractivity contribution < 1.29 is 9.53 Å². The number of methoxy groups -OCH3 is 1. The van der Waals surface area contributed by atoms with Gasteiger partial charge in [0.05, 0.1) is 12.7 Å². The van der Waals surface area contributed by atoms with Gasteiger partial charge in [-0.25, -0.2) is 4.79 Å². The van der Waals surface area contributed by atoms with E-state index in [9.17, 15) is 4.79 Å². The van der Waals surface area contributed by atoms with Crippen molar-refractivity contribution in [3.05, 3.63) is 29.8 Å². The van der Waals surface area contributed by atoms with Gasteiger partial charge in [0.1, 0.15) is 0 Å². The molecule has 18 heavy (non-hydrogen) atoms. The second kappa shape index (κ2) is 6.25. The predicted octanol–water partition coefficient (Wildman–Crippen LogP) is 2.84. The fourth-order valence-corrected chi connectivity index (χ4v) is 3.47. The summed E-state index contributed by atoms with van der Waals surface area (Å²) in [5, 5.41) is 0.503. The molecule has 3 nitrogen and oxygen atoms in total. The zero-order chi connectivity index (χ0) is 13.0. The first kappa shape index (κ1) is 13.4. The van der Waals surface area contributed by atoms with Crippen molar-refractivity contribution in [2.75, 3.05) is 7.11 Å². The quantitative estimate of drug-likeness (QED) is 0.854. The van der Waals surface area contributed by atoms with Crippen LogP contribution >= 0.6 is 11.8 Å². The van der Waals surface area contributed by atoms with Gasteiger partial charge in [0.15, 0.2) is 0 Å². The van der Waals surface area contributed by atoms with Gasteiger partial charge in [-0.2, -0.15) is 0 Å². The lowest BCUT2D eigenvalue weighted by Gasteiger charge is -2.27. The zero-order valence-corrected chi connectivity index (χ0v) is 11.4. The molecule has 2 rings (SSSR count). The number of benzene rings is 1. The number of hydrogen-bond donors (Lipinski definition) is 1. The van der Waals surface area contributed by atoms with Gasteiger partial charge in [0.25, 0.3) is 0 Å². The minimum Gasteiger partial charge on any atom is -0.465 e. The van der Waals surface area contributed by atoms with Crippen molar-refractivity contribution in [3.8, 4) is 0 Å². The molecule has 98 valence electrons. The van der Waals surface area contributed by atoms with Crippen LogP contribution in [0.1, 0.15) is 36.0 Å².